The van der Waals surface area contributed by atoms with E-state index in [9.17, 15) is 19.5 Å². The summed E-state index contributed by atoms with van der Waals surface area (Å²) >= 11 is 0. The van der Waals surface area contributed by atoms with Crippen LogP contribution in [0.25, 0.3) is 10.9 Å². The van der Waals surface area contributed by atoms with Crippen LogP contribution in [0, 0.1) is 10.8 Å². The first-order valence-electron chi connectivity index (χ1n) is 10.8. The highest BCUT2D eigenvalue weighted by Crippen LogP contribution is 2.54. The Balaban J connectivity index is 1.67. The van der Waals surface area contributed by atoms with Gasteiger partial charge in [0, 0.05) is 53.1 Å². The second-order valence-corrected chi connectivity index (χ2v) is 10.3. The van der Waals surface area contributed by atoms with Gasteiger partial charge in [-0.05, 0) is 48.3 Å². The van der Waals surface area contributed by atoms with Gasteiger partial charge in [-0.15, -0.1) is 0 Å². The smallest absolute Gasteiger partial charge is 0.328 e. The monoisotopic (exact) mass is 439 g/mol. The quantitative estimate of drug-likeness (QED) is 0.508. The van der Waals surface area contributed by atoms with Crippen LogP contribution in [0.1, 0.15) is 51.6 Å². The third-order valence-electron chi connectivity index (χ3n) is 6.67. The van der Waals surface area contributed by atoms with Gasteiger partial charge < -0.3 is 20.5 Å². The molecule has 3 atom stereocenters. The van der Waals surface area contributed by atoms with Crippen LogP contribution in [0.3, 0.4) is 0 Å². The van der Waals surface area contributed by atoms with Gasteiger partial charge in [-0.2, -0.15) is 0 Å². The van der Waals surface area contributed by atoms with Crippen molar-refractivity contribution in [3.8, 4) is 0 Å². The molecule has 0 unspecified atom stereocenters. The van der Waals surface area contributed by atoms with Gasteiger partial charge in [0.2, 0.25) is 5.91 Å². The first-order chi connectivity index (χ1) is 15.0. The Bertz CT molecular complexity index is 1120. The number of carboxylic acid groups (broad SMARTS) is 2. The SMILES string of the molecule is CC1(C)C[C@H]2C[C@](C)(CN2[C@@H](C(=O)O)c2c[nH]c3ccc(NC(=O)/C=C/C(=O)O)cc23)C1. The lowest BCUT2D eigenvalue weighted by Gasteiger charge is -2.40. The first-order valence-corrected chi connectivity index (χ1v) is 10.8. The summed E-state index contributed by atoms with van der Waals surface area (Å²) in [5.41, 5.74) is 2.19. The van der Waals surface area contributed by atoms with Gasteiger partial charge in [0.05, 0.1) is 0 Å². The minimum atomic E-state index is -1.21. The highest BCUT2D eigenvalue weighted by Gasteiger charge is 2.52. The number of H-pyrrole nitrogens is 1. The molecule has 2 aromatic rings. The maximum atomic E-state index is 12.5. The van der Waals surface area contributed by atoms with Crippen molar-refractivity contribution in [3.63, 3.8) is 0 Å². The predicted molar refractivity (Wildman–Crippen MR) is 120 cm³/mol. The van der Waals surface area contributed by atoms with Crippen LogP contribution in [0.5, 0.6) is 0 Å². The number of amides is 1. The van der Waals surface area contributed by atoms with E-state index in [0.717, 1.165) is 48.9 Å². The Hall–Kier alpha value is -3.13. The summed E-state index contributed by atoms with van der Waals surface area (Å²) < 4.78 is 0. The van der Waals surface area contributed by atoms with Crippen LogP contribution < -0.4 is 5.32 Å². The van der Waals surface area contributed by atoms with E-state index < -0.39 is 23.9 Å². The zero-order chi connectivity index (χ0) is 23.3. The minimum Gasteiger partial charge on any atom is -0.480 e. The summed E-state index contributed by atoms with van der Waals surface area (Å²) in [5, 5.41) is 22.3. The van der Waals surface area contributed by atoms with Crippen LogP contribution in [0.2, 0.25) is 0 Å². The molecule has 4 rings (SSSR count). The van der Waals surface area contributed by atoms with E-state index in [1.165, 1.54) is 0 Å². The molecule has 1 aromatic carbocycles. The highest BCUT2D eigenvalue weighted by molar-refractivity contribution is 6.03. The molecule has 2 aliphatic rings. The lowest BCUT2D eigenvalue weighted by Crippen LogP contribution is -2.39. The number of carbonyl (C=O) groups excluding carboxylic acids is 1. The molecule has 0 radical (unpaired) electrons. The van der Waals surface area contributed by atoms with E-state index in [2.05, 4.69) is 36.0 Å². The van der Waals surface area contributed by atoms with Gasteiger partial charge in [-0.3, -0.25) is 14.5 Å². The Morgan fingerprint density at radius 2 is 1.94 bits per heavy atom. The zero-order valence-corrected chi connectivity index (χ0v) is 18.5. The van der Waals surface area contributed by atoms with Crippen molar-refractivity contribution in [3.05, 3.63) is 42.1 Å². The molecule has 1 aromatic heterocycles. The average molecular weight is 440 g/mol. The van der Waals surface area contributed by atoms with E-state index in [1.54, 1.807) is 24.4 Å². The lowest BCUT2D eigenvalue weighted by atomic mass is 9.65. The molecule has 1 aliphatic heterocycles. The van der Waals surface area contributed by atoms with Crippen molar-refractivity contribution < 1.29 is 24.6 Å². The number of anilines is 1. The van der Waals surface area contributed by atoms with Crippen LogP contribution in [0.15, 0.2) is 36.5 Å². The maximum Gasteiger partial charge on any atom is 0.328 e. The molecule has 2 heterocycles. The molecule has 1 aliphatic carbocycles. The number of carboxylic acids is 2. The topological polar surface area (TPSA) is 123 Å². The zero-order valence-electron chi connectivity index (χ0n) is 18.5. The molecule has 1 saturated heterocycles. The Morgan fingerprint density at radius 1 is 1.19 bits per heavy atom. The molecular weight excluding hydrogens is 410 g/mol. The molecule has 1 saturated carbocycles. The van der Waals surface area contributed by atoms with Crippen molar-refractivity contribution >= 4 is 34.4 Å². The standard InChI is InChI=1S/C24H29N3O5/c1-23(2)9-15-10-24(3,12-23)13-27(15)21(22(31)32)17-11-25-18-5-4-14(8-16(17)18)26-19(28)6-7-20(29)30/h4-8,11,15,21,25H,9-10,12-13H2,1-3H3,(H,26,28)(H,29,30)(H,31,32)/b7-6+/t15-,21+,24-/m0/s1. The molecule has 2 bridgehead atoms. The molecule has 2 fully saturated rings. The van der Waals surface area contributed by atoms with Crippen LogP contribution in [-0.4, -0.2) is 50.5 Å². The van der Waals surface area contributed by atoms with Crippen molar-refractivity contribution in [2.45, 2.75) is 52.1 Å². The largest absolute Gasteiger partial charge is 0.480 e. The highest BCUT2D eigenvalue weighted by atomic mass is 16.4. The number of aliphatic carboxylic acids is 2. The van der Waals surface area contributed by atoms with E-state index in [-0.39, 0.29) is 16.9 Å². The summed E-state index contributed by atoms with van der Waals surface area (Å²) in [6.45, 7) is 7.51. The van der Waals surface area contributed by atoms with Crippen molar-refractivity contribution in [2.75, 3.05) is 11.9 Å². The van der Waals surface area contributed by atoms with Crippen LogP contribution >= 0.6 is 0 Å². The third-order valence-corrected chi connectivity index (χ3v) is 6.67. The summed E-state index contributed by atoms with van der Waals surface area (Å²) in [4.78, 5) is 40.4. The molecule has 1 amide bonds. The number of benzene rings is 1. The average Bonchev–Trinajstić information content (AvgIpc) is 3.17. The van der Waals surface area contributed by atoms with Gasteiger partial charge in [0.1, 0.15) is 6.04 Å². The fraction of sp³-hybridized carbons (Fsp3) is 0.458. The summed E-state index contributed by atoms with van der Waals surface area (Å²) in [6.07, 6.45) is 6.50. The normalized spacial score (nSPS) is 25.8. The fourth-order valence-electron chi connectivity index (χ4n) is 6.04. The molecule has 8 nitrogen and oxygen atoms in total. The summed E-state index contributed by atoms with van der Waals surface area (Å²) in [7, 11) is 0. The number of aromatic amines is 1. The molecule has 8 heteroatoms. The molecule has 0 spiro atoms. The second kappa shape index (κ2) is 7.78. The predicted octanol–water partition coefficient (Wildman–Crippen LogP) is 3.77. The minimum absolute atomic E-state index is 0.0990. The van der Waals surface area contributed by atoms with Gasteiger partial charge >= 0.3 is 11.9 Å². The Morgan fingerprint density at radius 3 is 2.62 bits per heavy atom. The molecule has 4 N–H and O–H groups in total. The van der Waals surface area contributed by atoms with Gasteiger partial charge in [-0.25, -0.2) is 4.79 Å². The summed E-state index contributed by atoms with van der Waals surface area (Å²) in [6, 6.07) is 4.62. The van der Waals surface area contributed by atoms with Gasteiger partial charge in [0.15, 0.2) is 0 Å². The number of aromatic nitrogens is 1. The number of rotatable bonds is 6. The third kappa shape index (κ3) is 4.27. The van der Waals surface area contributed by atoms with Crippen molar-refractivity contribution in [1.82, 2.24) is 9.88 Å². The van der Waals surface area contributed by atoms with Crippen molar-refractivity contribution in [1.29, 1.82) is 0 Å². The van der Waals surface area contributed by atoms with Gasteiger partial charge in [-0.1, -0.05) is 20.8 Å². The number of nitrogens with one attached hydrogen (secondary N) is 2. The van der Waals surface area contributed by atoms with Crippen LogP contribution in [0.4, 0.5) is 5.69 Å². The number of carbonyl (C=O) groups is 3. The van der Waals surface area contributed by atoms with Crippen LogP contribution in [-0.2, 0) is 14.4 Å². The van der Waals surface area contributed by atoms with E-state index >= 15 is 0 Å². The number of hydrogen-bond acceptors (Lipinski definition) is 4. The molecular formula is C24H29N3O5. The van der Waals surface area contributed by atoms with E-state index in [0.29, 0.717) is 11.3 Å². The Labute approximate surface area is 186 Å². The summed E-state index contributed by atoms with van der Waals surface area (Å²) in [5.74, 6) is -2.67. The van der Waals surface area contributed by atoms with E-state index in [1.807, 2.05) is 0 Å². The number of fused-ring (bicyclic) bond motifs is 3. The molecule has 32 heavy (non-hydrogen) atoms. The van der Waals surface area contributed by atoms with Crippen molar-refractivity contribution in [2.24, 2.45) is 10.8 Å². The lowest BCUT2D eigenvalue weighted by molar-refractivity contribution is -0.144. The number of nitrogens with zero attached hydrogens (tertiary/aromatic N) is 1. The Kier molecular flexibility index (Phi) is 5.36. The first kappa shape index (κ1) is 22.1. The fourth-order valence-corrected chi connectivity index (χ4v) is 6.04. The van der Waals surface area contributed by atoms with Gasteiger partial charge in [0.25, 0.3) is 0 Å². The number of likely N-dealkylation sites (tertiary alicyclic amines) is 1. The molecule has 170 valence electrons. The van der Waals surface area contributed by atoms with E-state index in [4.69, 9.17) is 5.11 Å². The number of hydrogen-bond donors (Lipinski definition) is 4. The maximum absolute atomic E-state index is 12.5. The second-order valence-electron chi connectivity index (χ2n) is 10.3.